The van der Waals surface area contributed by atoms with Gasteiger partial charge in [0.2, 0.25) is 0 Å². The van der Waals surface area contributed by atoms with Crippen LogP contribution in [0.1, 0.15) is 31.2 Å². The normalized spacial score (nSPS) is 14.1. The predicted molar refractivity (Wildman–Crippen MR) is 96.0 cm³/mol. The number of ether oxygens (including phenoxy) is 2. The molecule has 140 valence electrons. The largest absolute Gasteiger partial charge is 1.00 e. The molecule has 1 saturated carbocycles. The summed E-state index contributed by atoms with van der Waals surface area (Å²) < 4.78 is 11.8. The molecule has 1 aliphatic carbocycles. The van der Waals surface area contributed by atoms with Crippen molar-refractivity contribution < 1.29 is 31.2 Å². The molecule has 0 aromatic heterocycles. The molecule has 0 saturated heterocycles. The Hall–Kier alpha value is -2.01. The third-order valence-corrected chi connectivity index (χ3v) is 3.45. The minimum atomic E-state index is 0. The molecule has 7 heteroatoms. The standard InChI is InChI=1S/C13H18N2O2.C5H10NO.ClH/c1-16-12-7-6-10(9-15-14)8-13(12)17-11-4-2-3-5-11;1-6(2,3)4-5-7;/h6-9,11H,2-5,14H2,1H3;4H,1-3H3;1H/q;+1;/p-1. The second kappa shape index (κ2) is 11.5. The van der Waals surface area contributed by atoms with Crippen LogP contribution in [0.25, 0.3) is 0 Å². The van der Waals surface area contributed by atoms with Crippen molar-refractivity contribution >= 4 is 12.2 Å². The molecule has 1 aromatic carbocycles. The molecule has 6 nitrogen and oxygen atoms in total. The Morgan fingerprint density at radius 1 is 1.24 bits per heavy atom. The molecule has 1 aliphatic rings. The van der Waals surface area contributed by atoms with Gasteiger partial charge in [0.15, 0.2) is 23.6 Å². The fraction of sp³-hybridized carbons (Fsp3) is 0.500. The van der Waals surface area contributed by atoms with Crippen LogP contribution in [0, 0.1) is 0 Å². The summed E-state index contributed by atoms with van der Waals surface area (Å²) in [4.78, 5) is 9.62. The Labute approximate surface area is 156 Å². The Morgan fingerprint density at radius 2 is 1.88 bits per heavy atom. The summed E-state index contributed by atoms with van der Waals surface area (Å²) in [6.45, 7) is 0. The molecule has 0 heterocycles. The van der Waals surface area contributed by atoms with Crippen molar-refractivity contribution in [3.63, 3.8) is 0 Å². The molecule has 0 amide bonds. The van der Waals surface area contributed by atoms with Crippen molar-refractivity contribution in [2.45, 2.75) is 31.8 Å². The van der Waals surface area contributed by atoms with Crippen molar-refractivity contribution in [2.24, 2.45) is 10.9 Å². The molecular formula is C18H28ClN3O3. The third-order valence-electron chi connectivity index (χ3n) is 3.45. The first-order valence-corrected chi connectivity index (χ1v) is 8.00. The summed E-state index contributed by atoms with van der Waals surface area (Å²) >= 11 is 0. The summed E-state index contributed by atoms with van der Waals surface area (Å²) in [6, 6.07) is 5.69. The Morgan fingerprint density at radius 3 is 2.32 bits per heavy atom. The van der Waals surface area contributed by atoms with Gasteiger partial charge >= 0.3 is 0 Å². The lowest BCUT2D eigenvalue weighted by Crippen LogP contribution is -3.00. The molecule has 1 aromatic rings. The summed E-state index contributed by atoms with van der Waals surface area (Å²) in [5.74, 6) is 8.38. The van der Waals surface area contributed by atoms with E-state index in [4.69, 9.17) is 15.3 Å². The van der Waals surface area contributed by atoms with Crippen molar-refractivity contribution in [2.75, 3.05) is 28.3 Å². The second-order valence-electron chi connectivity index (χ2n) is 6.58. The van der Waals surface area contributed by atoms with Crippen LogP contribution >= 0.6 is 0 Å². The number of halogens is 1. The molecule has 1 fully saturated rings. The van der Waals surface area contributed by atoms with Crippen LogP contribution in [0.5, 0.6) is 11.5 Å². The number of methoxy groups -OCH3 is 1. The number of rotatable bonds is 5. The molecule has 0 aliphatic heterocycles. The van der Waals surface area contributed by atoms with E-state index in [1.807, 2.05) is 39.3 Å². The van der Waals surface area contributed by atoms with E-state index in [1.54, 1.807) is 19.3 Å². The second-order valence-corrected chi connectivity index (χ2v) is 6.58. The maximum absolute atomic E-state index is 9.62. The number of hydrazone groups is 1. The van der Waals surface area contributed by atoms with Crippen LogP contribution in [0.3, 0.4) is 0 Å². The number of hydrogen-bond donors (Lipinski definition) is 1. The minimum Gasteiger partial charge on any atom is -1.00 e. The van der Waals surface area contributed by atoms with Crippen molar-refractivity contribution in [1.29, 1.82) is 0 Å². The third kappa shape index (κ3) is 9.15. The van der Waals surface area contributed by atoms with Gasteiger partial charge in [0.25, 0.3) is 0 Å². The van der Waals surface area contributed by atoms with Gasteiger partial charge in [0.1, 0.15) is 0 Å². The van der Waals surface area contributed by atoms with Crippen molar-refractivity contribution in [1.82, 2.24) is 0 Å². The SMILES string of the molecule is COc1ccc(C=NN)cc1OC1CCCC1.C[N+](C)(C)C=C=O.[Cl-]. The van der Waals surface area contributed by atoms with Gasteiger partial charge in [-0.3, -0.25) is 4.48 Å². The Balaban J connectivity index is 0.000000620. The minimum absolute atomic E-state index is 0. The fourth-order valence-corrected chi connectivity index (χ4v) is 2.30. The van der Waals surface area contributed by atoms with Crippen molar-refractivity contribution in [3.05, 3.63) is 30.0 Å². The maximum Gasteiger partial charge on any atom is 0.183 e. The number of nitrogens with zero attached hydrogens (tertiary/aromatic N) is 2. The van der Waals surface area contributed by atoms with E-state index in [0.29, 0.717) is 10.6 Å². The highest BCUT2D eigenvalue weighted by molar-refractivity contribution is 5.80. The number of carbonyl (C=O) groups excluding carboxylic acids is 1. The lowest BCUT2D eigenvalue weighted by Gasteiger charge is -2.16. The van der Waals surface area contributed by atoms with Crippen LogP contribution in [-0.4, -0.2) is 51.0 Å². The highest BCUT2D eigenvalue weighted by atomic mass is 35.5. The monoisotopic (exact) mass is 369 g/mol. The van der Waals surface area contributed by atoms with E-state index in [0.717, 1.165) is 29.9 Å². The van der Waals surface area contributed by atoms with E-state index in [1.165, 1.54) is 19.0 Å². The first-order chi connectivity index (χ1) is 11.4. The molecule has 0 unspecified atom stereocenters. The van der Waals surface area contributed by atoms with Crippen LogP contribution in [0.2, 0.25) is 0 Å². The van der Waals surface area contributed by atoms with E-state index in [2.05, 4.69) is 5.10 Å². The highest BCUT2D eigenvalue weighted by Crippen LogP contribution is 2.32. The first-order valence-electron chi connectivity index (χ1n) is 8.00. The topological polar surface area (TPSA) is 73.9 Å². The Bertz CT molecular complexity index is 588. The van der Waals surface area contributed by atoms with Gasteiger partial charge in [-0.1, -0.05) is 0 Å². The number of quaternary nitrogens is 1. The average Bonchev–Trinajstić information content (AvgIpc) is 3.00. The van der Waals surface area contributed by atoms with E-state index in [-0.39, 0.29) is 12.4 Å². The van der Waals surface area contributed by atoms with Crippen LogP contribution in [0.4, 0.5) is 0 Å². The highest BCUT2D eigenvalue weighted by Gasteiger charge is 2.18. The van der Waals surface area contributed by atoms with Gasteiger partial charge in [-0.05, 0) is 49.4 Å². The van der Waals surface area contributed by atoms with Gasteiger partial charge in [-0.2, -0.15) is 5.10 Å². The van der Waals surface area contributed by atoms with E-state index in [9.17, 15) is 4.79 Å². The smallest absolute Gasteiger partial charge is 0.183 e. The predicted octanol–water partition coefficient (Wildman–Crippen LogP) is -0.649. The molecule has 0 atom stereocenters. The number of nitrogens with two attached hydrogens (primary N) is 1. The van der Waals surface area contributed by atoms with Crippen LogP contribution < -0.4 is 27.7 Å². The zero-order valence-electron chi connectivity index (χ0n) is 15.4. The quantitative estimate of drug-likeness (QED) is 0.246. The lowest BCUT2D eigenvalue weighted by molar-refractivity contribution is -0.815. The van der Waals surface area contributed by atoms with E-state index < -0.39 is 0 Å². The van der Waals surface area contributed by atoms with Crippen LogP contribution in [0.15, 0.2) is 29.5 Å². The number of benzene rings is 1. The first kappa shape index (κ1) is 23.0. The van der Waals surface area contributed by atoms with Crippen molar-refractivity contribution in [3.8, 4) is 11.5 Å². The zero-order valence-corrected chi connectivity index (χ0v) is 16.1. The average molecular weight is 370 g/mol. The van der Waals surface area contributed by atoms with Gasteiger partial charge in [-0.15, -0.1) is 0 Å². The molecular weight excluding hydrogens is 342 g/mol. The summed E-state index contributed by atoms with van der Waals surface area (Å²) in [5, 5.41) is 3.51. The maximum atomic E-state index is 9.62. The molecule has 2 rings (SSSR count). The lowest BCUT2D eigenvalue weighted by atomic mass is 10.2. The summed E-state index contributed by atoms with van der Waals surface area (Å²) in [7, 11) is 7.33. The summed E-state index contributed by atoms with van der Waals surface area (Å²) in [6.07, 6.45) is 8.10. The molecule has 0 radical (unpaired) electrons. The van der Waals surface area contributed by atoms with Gasteiger partial charge < -0.3 is 27.7 Å². The van der Waals surface area contributed by atoms with E-state index >= 15 is 0 Å². The molecule has 25 heavy (non-hydrogen) atoms. The van der Waals surface area contributed by atoms with Gasteiger partial charge in [0, 0.05) is 0 Å². The Kier molecular flexibility index (Phi) is 10.6. The van der Waals surface area contributed by atoms with Crippen LogP contribution in [-0.2, 0) is 4.79 Å². The van der Waals surface area contributed by atoms with Gasteiger partial charge in [0.05, 0.1) is 40.6 Å². The molecule has 2 N–H and O–H groups in total. The fourth-order valence-electron chi connectivity index (χ4n) is 2.30. The summed E-state index contributed by atoms with van der Waals surface area (Å²) in [5.41, 5.74) is 0.918. The molecule has 0 spiro atoms. The molecule has 0 bridgehead atoms. The van der Waals surface area contributed by atoms with Gasteiger partial charge in [-0.25, -0.2) is 4.79 Å². The zero-order chi connectivity index (χ0) is 18.0. The number of hydrogen-bond acceptors (Lipinski definition) is 5.